The fraction of sp³-hybridized carbons (Fsp3) is 0.111. The quantitative estimate of drug-likeness (QED) is 0.545. The van der Waals surface area contributed by atoms with E-state index in [9.17, 15) is 18.0 Å². The Labute approximate surface area is 167 Å². The maximum absolute atomic E-state index is 13.6. The summed E-state index contributed by atoms with van der Waals surface area (Å²) in [5.74, 6) is -0.747. The van der Waals surface area contributed by atoms with Crippen LogP contribution in [0.15, 0.2) is 48.7 Å². The molecule has 1 amide bonds. The molecule has 0 spiro atoms. The Morgan fingerprint density at radius 1 is 1.14 bits per heavy atom. The third kappa shape index (κ3) is 4.40. The number of amides is 1. The SMILES string of the molecule is Cc1ccc(Cl)c(NC(=O)Oc2cnn(-c3ccc(Cl)cc3)c2C(F)(F)F)c1. The van der Waals surface area contributed by atoms with E-state index in [0.29, 0.717) is 9.70 Å². The molecule has 1 heterocycles. The smallest absolute Gasteiger partial charge is 0.406 e. The molecule has 1 N–H and O–H groups in total. The van der Waals surface area contributed by atoms with E-state index >= 15 is 0 Å². The maximum atomic E-state index is 13.6. The normalized spacial score (nSPS) is 11.4. The van der Waals surface area contributed by atoms with E-state index in [4.69, 9.17) is 27.9 Å². The van der Waals surface area contributed by atoms with Crippen molar-refractivity contribution in [2.24, 2.45) is 0 Å². The number of anilines is 1. The molecule has 28 heavy (non-hydrogen) atoms. The zero-order chi connectivity index (χ0) is 20.5. The van der Waals surface area contributed by atoms with E-state index in [0.717, 1.165) is 11.8 Å². The fourth-order valence-corrected chi connectivity index (χ4v) is 2.71. The van der Waals surface area contributed by atoms with E-state index in [-0.39, 0.29) is 16.4 Å². The Balaban J connectivity index is 1.90. The standard InChI is InChI=1S/C18H12Cl2F3N3O2/c1-10-2-7-13(20)14(8-10)25-17(27)28-15-9-24-26(16(15)18(21,22)23)12-5-3-11(19)4-6-12/h2-9H,1H3,(H,25,27). The van der Waals surface area contributed by atoms with Gasteiger partial charge in [0.05, 0.1) is 22.6 Å². The monoisotopic (exact) mass is 429 g/mol. The molecule has 0 aliphatic rings. The van der Waals surface area contributed by atoms with Gasteiger partial charge in [-0.3, -0.25) is 5.32 Å². The molecule has 0 aliphatic carbocycles. The number of halogens is 5. The Morgan fingerprint density at radius 3 is 2.46 bits per heavy atom. The lowest BCUT2D eigenvalue weighted by Crippen LogP contribution is -2.20. The molecule has 10 heteroatoms. The van der Waals surface area contributed by atoms with Crippen LogP contribution in [0, 0.1) is 6.92 Å². The molecule has 0 saturated carbocycles. The zero-order valence-electron chi connectivity index (χ0n) is 14.2. The molecular formula is C18H12Cl2F3N3O2. The number of aryl methyl sites for hydroxylation is 1. The number of hydrogen-bond donors (Lipinski definition) is 1. The predicted molar refractivity (Wildman–Crippen MR) is 99.4 cm³/mol. The van der Waals surface area contributed by atoms with E-state index in [1.807, 2.05) is 0 Å². The number of carbonyl (C=O) groups is 1. The number of benzene rings is 2. The molecule has 146 valence electrons. The first-order valence-corrected chi connectivity index (χ1v) is 8.57. The molecule has 0 saturated heterocycles. The number of carbonyl (C=O) groups excluding carboxylic acids is 1. The first kappa shape index (κ1) is 20.0. The number of nitrogens with zero attached hydrogens (tertiary/aromatic N) is 2. The minimum atomic E-state index is -4.83. The fourth-order valence-electron chi connectivity index (χ4n) is 2.42. The largest absolute Gasteiger partial charge is 0.437 e. The maximum Gasteiger partial charge on any atom is 0.437 e. The predicted octanol–water partition coefficient (Wildman–Crippen LogP) is 6.12. The van der Waals surface area contributed by atoms with Crippen LogP contribution in [0.1, 0.15) is 11.3 Å². The third-order valence-electron chi connectivity index (χ3n) is 3.64. The number of rotatable bonds is 3. The van der Waals surface area contributed by atoms with Gasteiger partial charge < -0.3 is 4.74 Å². The van der Waals surface area contributed by atoms with E-state index in [1.54, 1.807) is 25.1 Å². The van der Waals surface area contributed by atoms with Crippen LogP contribution in [0.5, 0.6) is 5.75 Å². The Morgan fingerprint density at radius 2 is 1.82 bits per heavy atom. The van der Waals surface area contributed by atoms with Gasteiger partial charge in [-0.15, -0.1) is 0 Å². The lowest BCUT2D eigenvalue weighted by atomic mass is 10.2. The molecule has 0 aliphatic heterocycles. The summed E-state index contributed by atoms with van der Waals surface area (Å²) in [4.78, 5) is 12.1. The van der Waals surface area contributed by atoms with Crippen molar-refractivity contribution in [3.05, 3.63) is 70.0 Å². The highest BCUT2D eigenvalue weighted by Gasteiger charge is 2.40. The molecule has 0 fully saturated rings. The van der Waals surface area contributed by atoms with Gasteiger partial charge in [0, 0.05) is 5.02 Å². The highest BCUT2D eigenvalue weighted by molar-refractivity contribution is 6.33. The van der Waals surface area contributed by atoms with Gasteiger partial charge in [-0.2, -0.15) is 18.3 Å². The summed E-state index contributed by atoms with van der Waals surface area (Å²) < 4.78 is 46.2. The minimum absolute atomic E-state index is 0.105. The molecule has 0 bridgehead atoms. The summed E-state index contributed by atoms with van der Waals surface area (Å²) in [6, 6.07) is 10.4. The van der Waals surface area contributed by atoms with E-state index in [2.05, 4.69) is 10.4 Å². The number of alkyl halides is 3. The molecule has 1 aromatic heterocycles. The number of hydrogen-bond acceptors (Lipinski definition) is 3. The highest BCUT2D eigenvalue weighted by atomic mass is 35.5. The molecule has 5 nitrogen and oxygen atoms in total. The number of ether oxygens (including phenoxy) is 1. The summed E-state index contributed by atoms with van der Waals surface area (Å²) >= 11 is 11.7. The number of aromatic nitrogens is 2. The van der Waals surface area contributed by atoms with Crippen LogP contribution in [-0.4, -0.2) is 15.9 Å². The molecule has 3 aromatic rings. The van der Waals surface area contributed by atoms with E-state index in [1.165, 1.54) is 24.3 Å². The molecule has 0 radical (unpaired) electrons. The first-order valence-electron chi connectivity index (χ1n) is 7.81. The molecule has 2 aromatic carbocycles. The van der Waals surface area contributed by atoms with Crippen molar-refractivity contribution >= 4 is 35.0 Å². The van der Waals surface area contributed by atoms with Crippen molar-refractivity contribution in [1.29, 1.82) is 0 Å². The topological polar surface area (TPSA) is 56.1 Å². The van der Waals surface area contributed by atoms with Gasteiger partial charge in [0.1, 0.15) is 0 Å². The van der Waals surface area contributed by atoms with Gasteiger partial charge in [-0.05, 0) is 48.9 Å². The Kier molecular flexibility index (Phi) is 5.53. The second-order valence-corrected chi connectivity index (χ2v) is 6.58. The van der Waals surface area contributed by atoms with Crippen LogP contribution in [0.25, 0.3) is 5.69 Å². The number of nitrogens with one attached hydrogen (secondary N) is 1. The van der Waals surface area contributed by atoms with Crippen molar-refractivity contribution in [1.82, 2.24) is 9.78 Å². The van der Waals surface area contributed by atoms with Crippen LogP contribution < -0.4 is 10.1 Å². The highest BCUT2D eigenvalue weighted by Crippen LogP contribution is 2.38. The lowest BCUT2D eigenvalue weighted by Gasteiger charge is -2.13. The zero-order valence-corrected chi connectivity index (χ0v) is 15.7. The minimum Gasteiger partial charge on any atom is -0.406 e. The van der Waals surface area contributed by atoms with Crippen LogP contribution in [-0.2, 0) is 6.18 Å². The summed E-state index contributed by atoms with van der Waals surface area (Å²) in [5, 5.41) is 6.59. The second kappa shape index (κ2) is 7.73. The van der Waals surface area contributed by atoms with Gasteiger partial charge in [0.2, 0.25) is 0 Å². The summed E-state index contributed by atoms with van der Waals surface area (Å²) in [5.41, 5.74) is -0.120. The van der Waals surface area contributed by atoms with Crippen molar-refractivity contribution < 1.29 is 22.7 Å². The summed E-state index contributed by atoms with van der Waals surface area (Å²) in [7, 11) is 0. The van der Waals surface area contributed by atoms with Gasteiger partial charge in [0.25, 0.3) is 0 Å². The molecular weight excluding hydrogens is 418 g/mol. The van der Waals surface area contributed by atoms with Crippen molar-refractivity contribution in [3.63, 3.8) is 0 Å². The van der Waals surface area contributed by atoms with Crippen LogP contribution in [0.3, 0.4) is 0 Å². The van der Waals surface area contributed by atoms with Gasteiger partial charge in [0.15, 0.2) is 11.4 Å². The summed E-state index contributed by atoms with van der Waals surface area (Å²) in [6.07, 6.45) is -5.14. The molecule has 0 unspecified atom stereocenters. The molecule has 3 rings (SSSR count). The van der Waals surface area contributed by atoms with Crippen LogP contribution >= 0.6 is 23.2 Å². The van der Waals surface area contributed by atoms with E-state index < -0.39 is 23.7 Å². The van der Waals surface area contributed by atoms with Crippen LogP contribution in [0.4, 0.5) is 23.7 Å². The van der Waals surface area contributed by atoms with Gasteiger partial charge >= 0.3 is 12.3 Å². The lowest BCUT2D eigenvalue weighted by molar-refractivity contribution is -0.143. The van der Waals surface area contributed by atoms with Gasteiger partial charge in [-0.25, -0.2) is 9.48 Å². The van der Waals surface area contributed by atoms with Gasteiger partial charge in [-0.1, -0.05) is 29.3 Å². The van der Waals surface area contributed by atoms with Crippen molar-refractivity contribution in [3.8, 4) is 11.4 Å². The van der Waals surface area contributed by atoms with Crippen molar-refractivity contribution in [2.45, 2.75) is 13.1 Å². The average Bonchev–Trinajstić information content (AvgIpc) is 3.02. The Bertz CT molecular complexity index is 1020. The average molecular weight is 430 g/mol. The molecule has 0 atom stereocenters. The Hall–Kier alpha value is -2.71. The third-order valence-corrected chi connectivity index (χ3v) is 4.22. The first-order chi connectivity index (χ1) is 13.1. The van der Waals surface area contributed by atoms with Crippen molar-refractivity contribution in [2.75, 3.05) is 5.32 Å². The second-order valence-electron chi connectivity index (χ2n) is 5.74. The van der Waals surface area contributed by atoms with Crippen LogP contribution in [0.2, 0.25) is 10.0 Å². The summed E-state index contributed by atoms with van der Waals surface area (Å²) in [6.45, 7) is 1.77.